The molecule has 1 heterocycles. The monoisotopic (exact) mass is 352 g/mol. The van der Waals surface area contributed by atoms with Crippen molar-refractivity contribution in [2.24, 2.45) is 5.92 Å². The zero-order chi connectivity index (χ0) is 18.2. The van der Waals surface area contributed by atoms with Crippen LogP contribution in [0.3, 0.4) is 0 Å². The smallest absolute Gasteiger partial charge is 0.338 e. The van der Waals surface area contributed by atoms with Crippen LogP contribution in [-0.4, -0.2) is 61.9 Å². The van der Waals surface area contributed by atoms with Crippen LogP contribution in [0, 0.1) is 16.0 Å². The molecule has 1 aliphatic rings. The molecule has 0 unspecified atom stereocenters. The maximum atomic E-state index is 12.0. The molecular weight excluding hydrogens is 328 g/mol. The number of morpholine rings is 1. The fourth-order valence-electron chi connectivity index (χ4n) is 2.34. The van der Waals surface area contributed by atoms with Gasteiger partial charge in [0, 0.05) is 25.7 Å². The molecule has 25 heavy (non-hydrogen) atoms. The van der Waals surface area contributed by atoms with E-state index < -0.39 is 10.9 Å². The predicted molar refractivity (Wildman–Crippen MR) is 91.0 cm³/mol. The third-order valence-corrected chi connectivity index (χ3v) is 3.71. The van der Waals surface area contributed by atoms with Gasteiger partial charge in [0.1, 0.15) is 6.61 Å². The first-order chi connectivity index (χ1) is 12.0. The molecule has 138 valence electrons. The number of nitro groups is 1. The normalized spacial score (nSPS) is 15.2. The van der Waals surface area contributed by atoms with Gasteiger partial charge in [-0.05, 0) is 18.1 Å². The van der Waals surface area contributed by atoms with E-state index >= 15 is 0 Å². The van der Waals surface area contributed by atoms with E-state index in [2.05, 4.69) is 4.90 Å². The summed E-state index contributed by atoms with van der Waals surface area (Å²) in [6.07, 6.45) is 0. The van der Waals surface area contributed by atoms with Crippen LogP contribution in [0.25, 0.3) is 0 Å². The molecule has 8 nitrogen and oxygen atoms in total. The number of carbonyl (C=O) groups is 1. The Hall–Kier alpha value is -2.19. The Morgan fingerprint density at radius 1 is 1.36 bits per heavy atom. The van der Waals surface area contributed by atoms with E-state index in [0.717, 1.165) is 13.1 Å². The predicted octanol–water partition coefficient (Wildman–Crippen LogP) is 2.12. The lowest BCUT2D eigenvalue weighted by Crippen LogP contribution is -2.38. The van der Waals surface area contributed by atoms with E-state index in [1.165, 1.54) is 18.2 Å². The first-order valence-electron chi connectivity index (χ1n) is 8.36. The largest absolute Gasteiger partial charge is 0.485 e. The minimum Gasteiger partial charge on any atom is -0.485 e. The van der Waals surface area contributed by atoms with Crippen LogP contribution in [0.15, 0.2) is 18.2 Å². The van der Waals surface area contributed by atoms with Gasteiger partial charge in [-0.15, -0.1) is 0 Å². The molecule has 1 aliphatic heterocycles. The number of nitro benzene ring substituents is 1. The zero-order valence-corrected chi connectivity index (χ0v) is 14.6. The number of esters is 1. The van der Waals surface area contributed by atoms with Crippen molar-refractivity contribution in [3.8, 4) is 5.75 Å². The fraction of sp³-hybridized carbons (Fsp3) is 0.588. The van der Waals surface area contributed by atoms with Gasteiger partial charge in [-0.2, -0.15) is 0 Å². The van der Waals surface area contributed by atoms with Crippen LogP contribution in [0.5, 0.6) is 5.75 Å². The summed E-state index contributed by atoms with van der Waals surface area (Å²) in [5, 5.41) is 11.3. The Morgan fingerprint density at radius 3 is 2.72 bits per heavy atom. The number of hydrogen-bond acceptors (Lipinski definition) is 7. The van der Waals surface area contributed by atoms with Crippen molar-refractivity contribution in [1.82, 2.24) is 4.90 Å². The van der Waals surface area contributed by atoms with Gasteiger partial charge in [0.25, 0.3) is 0 Å². The van der Waals surface area contributed by atoms with Crippen molar-refractivity contribution in [3.05, 3.63) is 33.9 Å². The van der Waals surface area contributed by atoms with Crippen molar-refractivity contribution in [2.75, 3.05) is 46.1 Å². The summed E-state index contributed by atoms with van der Waals surface area (Å²) >= 11 is 0. The van der Waals surface area contributed by atoms with Gasteiger partial charge in [0.05, 0.1) is 30.3 Å². The molecule has 0 radical (unpaired) electrons. The van der Waals surface area contributed by atoms with Crippen molar-refractivity contribution < 1.29 is 23.9 Å². The molecule has 0 aliphatic carbocycles. The Balaban J connectivity index is 1.97. The molecule has 2 rings (SSSR count). The van der Waals surface area contributed by atoms with Crippen molar-refractivity contribution in [2.45, 2.75) is 13.8 Å². The zero-order valence-electron chi connectivity index (χ0n) is 14.6. The second-order valence-corrected chi connectivity index (χ2v) is 6.23. The Labute approximate surface area is 146 Å². The minimum absolute atomic E-state index is 0.146. The molecule has 1 fully saturated rings. The summed E-state index contributed by atoms with van der Waals surface area (Å²) in [6, 6.07) is 4.13. The van der Waals surface area contributed by atoms with Gasteiger partial charge < -0.3 is 14.2 Å². The van der Waals surface area contributed by atoms with Crippen molar-refractivity contribution in [1.29, 1.82) is 0 Å². The average Bonchev–Trinajstić information content (AvgIpc) is 2.60. The SMILES string of the molecule is CC(C)COC(=O)c1ccc(OCCN2CCOCC2)c([N+](=O)[O-])c1. The number of benzene rings is 1. The summed E-state index contributed by atoms with van der Waals surface area (Å²) in [5.74, 6) is -0.225. The van der Waals surface area contributed by atoms with Gasteiger partial charge >= 0.3 is 11.7 Å². The Bertz CT molecular complexity index is 599. The number of hydrogen-bond donors (Lipinski definition) is 0. The molecule has 1 saturated heterocycles. The first-order valence-corrected chi connectivity index (χ1v) is 8.36. The average molecular weight is 352 g/mol. The molecule has 0 N–H and O–H groups in total. The third-order valence-electron chi connectivity index (χ3n) is 3.71. The van der Waals surface area contributed by atoms with Crippen molar-refractivity contribution >= 4 is 11.7 Å². The third kappa shape index (κ3) is 5.99. The maximum Gasteiger partial charge on any atom is 0.338 e. The summed E-state index contributed by atoms with van der Waals surface area (Å²) in [7, 11) is 0. The number of carbonyl (C=O) groups excluding carboxylic acids is 1. The highest BCUT2D eigenvalue weighted by Crippen LogP contribution is 2.28. The Morgan fingerprint density at radius 2 is 2.08 bits per heavy atom. The highest BCUT2D eigenvalue weighted by Gasteiger charge is 2.20. The van der Waals surface area contributed by atoms with E-state index in [-0.39, 0.29) is 29.5 Å². The van der Waals surface area contributed by atoms with Crippen LogP contribution in [-0.2, 0) is 9.47 Å². The second-order valence-electron chi connectivity index (χ2n) is 6.23. The maximum absolute atomic E-state index is 12.0. The molecule has 8 heteroatoms. The molecule has 1 aromatic carbocycles. The quantitative estimate of drug-likeness (QED) is 0.402. The second kappa shape index (κ2) is 9.33. The number of ether oxygens (including phenoxy) is 3. The summed E-state index contributed by atoms with van der Waals surface area (Å²) in [5.41, 5.74) is -0.0890. The van der Waals surface area contributed by atoms with Crippen LogP contribution in [0.4, 0.5) is 5.69 Å². The molecule has 0 aromatic heterocycles. The first kappa shape index (κ1) is 19.1. The minimum atomic E-state index is -0.573. The highest BCUT2D eigenvalue weighted by molar-refractivity contribution is 5.90. The van der Waals surface area contributed by atoms with E-state index in [0.29, 0.717) is 26.4 Å². The summed E-state index contributed by atoms with van der Waals surface area (Å²) < 4.78 is 15.9. The van der Waals surface area contributed by atoms with Gasteiger partial charge in [-0.3, -0.25) is 15.0 Å². The lowest BCUT2D eigenvalue weighted by Gasteiger charge is -2.26. The van der Waals surface area contributed by atoms with E-state index in [1.54, 1.807) is 0 Å². The summed E-state index contributed by atoms with van der Waals surface area (Å²) in [6.45, 7) is 8.13. The van der Waals surface area contributed by atoms with Gasteiger partial charge in [-0.1, -0.05) is 13.8 Å². The molecule has 0 atom stereocenters. The van der Waals surface area contributed by atoms with Crippen LogP contribution < -0.4 is 4.74 Å². The van der Waals surface area contributed by atoms with Crippen LogP contribution in [0.2, 0.25) is 0 Å². The number of rotatable bonds is 8. The van der Waals surface area contributed by atoms with E-state index in [9.17, 15) is 14.9 Å². The van der Waals surface area contributed by atoms with Crippen molar-refractivity contribution in [3.63, 3.8) is 0 Å². The molecule has 0 bridgehead atoms. The molecule has 1 aromatic rings. The van der Waals surface area contributed by atoms with Gasteiger partial charge in [-0.25, -0.2) is 4.79 Å². The molecule has 0 saturated carbocycles. The van der Waals surface area contributed by atoms with E-state index in [1.807, 2.05) is 13.8 Å². The summed E-state index contributed by atoms with van der Waals surface area (Å²) in [4.78, 5) is 24.8. The molecule has 0 spiro atoms. The number of nitrogens with zero attached hydrogens (tertiary/aromatic N) is 2. The lowest BCUT2D eigenvalue weighted by molar-refractivity contribution is -0.385. The van der Waals surface area contributed by atoms with E-state index in [4.69, 9.17) is 14.2 Å². The van der Waals surface area contributed by atoms with Gasteiger partial charge in [0.2, 0.25) is 0 Å². The molecule has 0 amide bonds. The standard InChI is InChI=1S/C17H24N2O6/c1-13(2)12-25-17(20)14-3-4-16(15(11-14)19(21)22)24-10-7-18-5-8-23-9-6-18/h3-4,11,13H,5-10,12H2,1-2H3. The highest BCUT2D eigenvalue weighted by atomic mass is 16.6. The fourth-order valence-corrected chi connectivity index (χ4v) is 2.34. The topological polar surface area (TPSA) is 91.1 Å². The Kier molecular flexibility index (Phi) is 7.15. The van der Waals surface area contributed by atoms with Crippen LogP contribution >= 0.6 is 0 Å². The van der Waals surface area contributed by atoms with Crippen LogP contribution in [0.1, 0.15) is 24.2 Å². The molecular formula is C17H24N2O6. The van der Waals surface area contributed by atoms with Gasteiger partial charge in [0.15, 0.2) is 5.75 Å². The lowest BCUT2D eigenvalue weighted by atomic mass is 10.2.